The quantitative estimate of drug-likeness (QED) is 0.411. The Hall–Kier alpha value is 0.423. The second-order valence-corrected chi connectivity index (χ2v) is 22.3. The molecule has 23 heavy (non-hydrogen) atoms. The first-order valence-electron chi connectivity index (χ1n) is 9.31. The van der Waals surface area contributed by atoms with Crippen molar-refractivity contribution in [1.82, 2.24) is 0 Å². The van der Waals surface area contributed by atoms with E-state index in [1.165, 1.54) is 51.4 Å². The number of alkyl halides is 2. The second kappa shape index (κ2) is 5.46. The molecule has 3 heteroatoms. The summed E-state index contributed by atoms with van der Waals surface area (Å²) in [6, 6.07) is 0. The van der Waals surface area contributed by atoms with Gasteiger partial charge >= 0.3 is 155 Å². The fourth-order valence-electron chi connectivity index (χ4n) is 5.81. The van der Waals surface area contributed by atoms with E-state index in [1.54, 1.807) is 22.3 Å². The summed E-state index contributed by atoms with van der Waals surface area (Å²) in [5, 5.41) is 0. The van der Waals surface area contributed by atoms with Crippen molar-refractivity contribution in [3.8, 4) is 0 Å². The molecule has 1 heterocycles. The molecule has 0 saturated carbocycles. The Balaban J connectivity index is 1.56. The third-order valence-electron chi connectivity index (χ3n) is 7.02. The fraction of sp³-hybridized carbons (Fsp3) is 0.600. The Morgan fingerprint density at radius 1 is 0.783 bits per heavy atom. The fourth-order valence-corrected chi connectivity index (χ4v) is 26.9. The molecule has 0 nitrogen and oxygen atoms in total. The van der Waals surface area contributed by atoms with Crippen LogP contribution in [0.25, 0.3) is 0 Å². The van der Waals surface area contributed by atoms with Crippen molar-refractivity contribution in [2.45, 2.75) is 64.8 Å². The van der Waals surface area contributed by atoms with Crippen LogP contribution in [-0.2, 0) is 20.3 Å². The summed E-state index contributed by atoms with van der Waals surface area (Å²) < 4.78 is 2.16. The molecule has 1 saturated heterocycles. The van der Waals surface area contributed by atoms with Crippen molar-refractivity contribution in [3.05, 3.63) is 46.6 Å². The van der Waals surface area contributed by atoms with Crippen LogP contribution in [0.5, 0.6) is 0 Å². The molecule has 0 amide bonds. The number of hydrogen-bond donors (Lipinski definition) is 0. The van der Waals surface area contributed by atoms with Gasteiger partial charge in [0.25, 0.3) is 0 Å². The average molecular weight is 427 g/mol. The van der Waals surface area contributed by atoms with Gasteiger partial charge in [0.2, 0.25) is 0 Å². The van der Waals surface area contributed by atoms with Crippen molar-refractivity contribution in [2.75, 3.05) is 0 Å². The molecule has 1 fully saturated rings. The van der Waals surface area contributed by atoms with Crippen molar-refractivity contribution in [3.63, 3.8) is 0 Å². The molecule has 0 spiro atoms. The zero-order chi connectivity index (χ0) is 15.7. The Bertz CT molecular complexity index is 632. The summed E-state index contributed by atoms with van der Waals surface area (Å²) >= 11 is 11.1. The van der Waals surface area contributed by atoms with E-state index in [9.17, 15) is 0 Å². The summed E-state index contributed by atoms with van der Waals surface area (Å²) in [5.74, 6) is 0. The van der Waals surface area contributed by atoms with Gasteiger partial charge in [-0.1, -0.05) is 0 Å². The van der Waals surface area contributed by atoms with Gasteiger partial charge in [-0.25, -0.2) is 0 Å². The van der Waals surface area contributed by atoms with Gasteiger partial charge in [0.15, 0.2) is 0 Å². The average Bonchev–Trinajstić information content (AvgIpc) is 2.95. The first kappa shape index (κ1) is 15.7. The number of hydrogen-bond acceptors (Lipinski definition) is 0. The Labute approximate surface area is 154 Å². The van der Waals surface area contributed by atoms with E-state index in [0.29, 0.717) is 7.25 Å². The number of halogens is 2. The Morgan fingerprint density at radius 2 is 1.22 bits per heavy atom. The van der Waals surface area contributed by atoms with Crippen LogP contribution in [0.3, 0.4) is 0 Å². The van der Waals surface area contributed by atoms with Crippen LogP contribution >= 0.6 is 23.2 Å². The molecule has 5 aliphatic rings. The molecule has 2 atom stereocenters. The van der Waals surface area contributed by atoms with Gasteiger partial charge in [-0.3, -0.25) is 0 Å². The molecule has 122 valence electrons. The molecule has 4 aliphatic carbocycles. The summed E-state index contributed by atoms with van der Waals surface area (Å²) in [7, 11) is 0. The van der Waals surface area contributed by atoms with Crippen LogP contribution in [-0.4, -0.2) is 2.04 Å². The Kier molecular flexibility index (Phi) is 3.72. The van der Waals surface area contributed by atoms with E-state index < -0.39 is 20.3 Å². The van der Waals surface area contributed by atoms with E-state index in [2.05, 4.69) is 24.3 Å². The maximum atomic E-state index is 6.93. The first-order valence-corrected chi connectivity index (χ1v) is 15.9. The number of rotatable bonds is 2. The van der Waals surface area contributed by atoms with Crippen LogP contribution in [0.4, 0.5) is 0 Å². The SMILES string of the molecule is Cl[C]1(Cl)[CH2][Zr]1([CH]1C=CC2=C1CCCC2)[CH]1C=CC2=C1CCCC2. The Morgan fingerprint density at radius 3 is 1.65 bits per heavy atom. The summed E-state index contributed by atoms with van der Waals surface area (Å²) in [6.45, 7) is 0. The topological polar surface area (TPSA) is 0 Å². The van der Waals surface area contributed by atoms with Gasteiger partial charge in [-0.2, -0.15) is 0 Å². The predicted octanol–water partition coefficient (Wildman–Crippen LogP) is 7.16. The molecular formula is C20H24Cl2Zr. The first-order chi connectivity index (χ1) is 11.1. The maximum absolute atomic E-state index is 6.93. The van der Waals surface area contributed by atoms with E-state index in [-0.39, 0.29) is 2.04 Å². The van der Waals surface area contributed by atoms with Crippen LogP contribution in [0.1, 0.15) is 51.4 Å². The third kappa shape index (κ3) is 2.19. The molecule has 1 aliphatic heterocycles. The van der Waals surface area contributed by atoms with Gasteiger partial charge in [0.1, 0.15) is 0 Å². The van der Waals surface area contributed by atoms with Gasteiger partial charge in [-0.05, 0) is 0 Å². The van der Waals surface area contributed by atoms with E-state index in [0.717, 1.165) is 4.13 Å². The molecule has 0 N–H and O–H groups in total. The van der Waals surface area contributed by atoms with Gasteiger partial charge in [-0.15, -0.1) is 0 Å². The zero-order valence-electron chi connectivity index (χ0n) is 13.6. The van der Waals surface area contributed by atoms with Gasteiger partial charge < -0.3 is 0 Å². The van der Waals surface area contributed by atoms with E-state index >= 15 is 0 Å². The summed E-state index contributed by atoms with van der Waals surface area (Å²) in [5.41, 5.74) is 6.81. The third-order valence-corrected chi connectivity index (χ3v) is 26.1. The van der Waals surface area contributed by atoms with Crippen molar-refractivity contribution >= 4 is 23.2 Å². The monoisotopic (exact) mass is 424 g/mol. The van der Waals surface area contributed by atoms with Gasteiger partial charge in [0, 0.05) is 0 Å². The van der Waals surface area contributed by atoms with Crippen LogP contribution in [0, 0.1) is 0 Å². The van der Waals surface area contributed by atoms with Crippen molar-refractivity contribution in [1.29, 1.82) is 0 Å². The normalized spacial score (nSPS) is 40.6. The molecular weight excluding hydrogens is 402 g/mol. The molecule has 0 aromatic heterocycles. The van der Waals surface area contributed by atoms with E-state index in [1.807, 2.05) is 0 Å². The predicted molar refractivity (Wildman–Crippen MR) is 96.0 cm³/mol. The molecule has 0 bridgehead atoms. The van der Waals surface area contributed by atoms with Crippen molar-refractivity contribution < 1.29 is 20.3 Å². The number of allylic oxidation sites excluding steroid dienone is 8. The molecule has 0 radical (unpaired) electrons. The minimum absolute atomic E-state index is 0.349. The van der Waals surface area contributed by atoms with Crippen LogP contribution in [0.2, 0.25) is 11.4 Å². The van der Waals surface area contributed by atoms with Crippen LogP contribution in [0.15, 0.2) is 46.6 Å². The minimum atomic E-state index is -2.72. The van der Waals surface area contributed by atoms with Gasteiger partial charge in [0.05, 0.1) is 0 Å². The molecule has 0 aromatic rings. The second-order valence-electron chi connectivity index (χ2n) is 8.11. The molecule has 0 aromatic carbocycles. The van der Waals surface area contributed by atoms with E-state index in [4.69, 9.17) is 23.2 Å². The standard InChI is InChI=1S/2C9H11.C2H2Cl2.Zr/c2*1-2-5-9-7-3-6-8(9)4-1;1-2(3)4;/h2*3,6-7H,1-2,4-5H2;1H2;. The van der Waals surface area contributed by atoms with Crippen molar-refractivity contribution in [2.24, 2.45) is 0 Å². The molecule has 2 unspecified atom stereocenters. The molecule has 5 rings (SSSR count). The summed E-state index contributed by atoms with van der Waals surface area (Å²) in [4.78, 5) is 0. The summed E-state index contributed by atoms with van der Waals surface area (Å²) in [6.07, 6.45) is 20.6. The van der Waals surface area contributed by atoms with Crippen LogP contribution < -0.4 is 0 Å². The zero-order valence-corrected chi connectivity index (χ0v) is 17.6.